The van der Waals surface area contributed by atoms with Crippen LogP contribution in [0.3, 0.4) is 0 Å². The zero-order valence-corrected chi connectivity index (χ0v) is 13.2. The molecule has 0 amide bonds. The highest BCUT2D eigenvalue weighted by molar-refractivity contribution is 7.89. The summed E-state index contributed by atoms with van der Waals surface area (Å²) < 4.78 is 26.4. The van der Waals surface area contributed by atoms with E-state index < -0.39 is 10.0 Å². The van der Waals surface area contributed by atoms with Crippen molar-refractivity contribution >= 4 is 33.2 Å². The van der Waals surface area contributed by atoms with Crippen molar-refractivity contribution in [3.63, 3.8) is 0 Å². The van der Waals surface area contributed by atoms with Gasteiger partial charge in [-0.3, -0.25) is 0 Å². The second-order valence-corrected chi connectivity index (χ2v) is 7.02. The Balaban J connectivity index is 2.54. The monoisotopic (exact) mass is 324 g/mol. The molecule has 0 heterocycles. The van der Waals surface area contributed by atoms with Gasteiger partial charge in [0.2, 0.25) is 10.0 Å². The predicted molar refractivity (Wildman–Crippen MR) is 79.4 cm³/mol. The van der Waals surface area contributed by atoms with Gasteiger partial charge in [-0.2, -0.15) is 0 Å². The number of halogens is 2. The molecule has 1 aromatic rings. The van der Waals surface area contributed by atoms with E-state index in [-0.39, 0.29) is 9.92 Å². The minimum Gasteiger partial charge on any atom is -0.314 e. The molecule has 0 fully saturated rings. The summed E-state index contributed by atoms with van der Waals surface area (Å²) in [4.78, 5) is 0.124. The van der Waals surface area contributed by atoms with Gasteiger partial charge in [0.1, 0.15) is 0 Å². The fourth-order valence-corrected chi connectivity index (χ4v) is 2.88. The first-order chi connectivity index (χ1) is 8.83. The first-order valence-electron chi connectivity index (χ1n) is 6.01. The zero-order chi connectivity index (χ0) is 14.5. The summed E-state index contributed by atoms with van der Waals surface area (Å²) in [6.07, 6.45) is 0.721. The highest BCUT2D eigenvalue weighted by Gasteiger charge is 2.14. The van der Waals surface area contributed by atoms with E-state index in [4.69, 9.17) is 23.2 Å². The molecule has 0 saturated carbocycles. The fraction of sp³-hybridized carbons (Fsp3) is 0.500. The molecule has 0 saturated heterocycles. The van der Waals surface area contributed by atoms with Crippen LogP contribution in [0.4, 0.5) is 0 Å². The van der Waals surface area contributed by atoms with Gasteiger partial charge in [-0.1, -0.05) is 37.0 Å². The number of hydrogen-bond acceptors (Lipinski definition) is 3. The maximum atomic E-state index is 12.0. The lowest BCUT2D eigenvalue weighted by Gasteiger charge is -2.09. The molecule has 0 aliphatic carbocycles. The minimum absolute atomic E-state index is 0.124. The topological polar surface area (TPSA) is 58.2 Å². The van der Waals surface area contributed by atoms with Gasteiger partial charge >= 0.3 is 0 Å². The van der Waals surface area contributed by atoms with Gasteiger partial charge in [0.15, 0.2) is 0 Å². The Bertz CT molecular complexity index is 518. The molecule has 1 rings (SSSR count). The molecule has 19 heavy (non-hydrogen) atoms. The molecular weight excluding hydrogens is 307 g/mol. The number of rotatable bonds is 7. The summed E-state index contributed by atoms with van der Waals surface area (Å²) in [5.41, 5.74) is 0. The summed E-state index contributed by atoms with van der Waals surface area (Å²) >= 11 is 11.6. The fourth-order valence-electron chi connectivity index (χ4n) is 1.41. The number of hydrogen-bond donors (Lipinski definition) is 2. The van der Waals surface area contributed by atoms with E-state index in [9.17, 15) is 8.42 Å². The van der Waals surface area contributed by atoms with Crippen molar-refractivity contribution in [2.45, 2.75) is 31.2 Å². The van der Waals surface area contributed by atoms with Crippen LogP contribution in [0.15, 0.2) is 23.1 Å². The van der Waals surface area contributed by atoms with Crippen LogP contribution in [-0.2, 0) is 10.0 Å². The van der Waals surface area contributed by atoms with E-state index in [1.54, 1.807) is 0 Å². The van der Waals surface area contributed by atoms with Gasteiger partial charge in [0, 0.05) is 12.6 Å². The first kappa shape index (κ1) is 16.7. The molecule has 0 aliphatic rings. The van der Waals surface area contributed by atoms with Crippen LogP contribution in [0.1, 0.15) is 20.3 Å². The molecule has 7 heteroatoms. The van der Waals surface area contributed by atoms with Crippen LogP contribution in [-0.4, -0.2) is 27.5 Å². The normalized spacial score (nSPS) is 12.1. The third-order valence-corrected chi connectivity index (χ3v) is 4.60. The highest BCUT2D eigenvalue weighted by atomic mass is 35.5. The molecule has 2 N–H and O–H groups in total. The van der Waals surface area contributed by atoms with Gasteiger partial charge in [0.25, 0.3) is 0 Å². The minimum atomic E-state index is -3.52. The van der Waals surface area contributed by atoms with Crippen molar-refractivity contribution in [2.24, 2.45) is 0 Å². The van der Waals surface area contributed by atoms with E-state index in [0.29, 0.717) is 17.6 Å². The average Bonchev–Trinajstić information content (AvgIpc) is 2.31. The predicted octanol–water partition coefficient (Wildman–Crippen LogP) is 2.66. The molecule has 0 aromatic heterocycles. The van der Waals surface area contributed by atoms with Crippen molar-refractivity contribution in [1.29, 1.82) is 0 Å². The van der Waals surface area contributed by atoms with Crippen molar-refractivity contribution in [3.05, 3.63) is 28.2 Å². The molecule has 0 unspecified atom stereocenters. The van der Waals surface area contributed by atoms with Crippen LogP contribution in [0.2, 0.25) is 10.0 Å². The zero-order valence-electron chi connectivity index (χ0n) is 10.9. The highest BCUT2D eigenvalue weighted by Crippen LogP contribution is 2.24. The van der Waals surface area contributed by atoms with Crippen LogP contribution >= 0.6 is 23.2 Å². The lowest BCUT2D eigenvalue weighted by molar-refractivity contribution is 0.554. The maximum Gasteiger partial charge on any atom is 0.240 e. The largest absolute Gasteiger partial charge is 0.314 e. The Labute approximate surface area is 124 Å². The van der Waals surface area contributed by atoms with Gasteiger partial charge in [0.05, 0.1) is 14.9 Å². The summed E-state index contributed by atoms with van der Waals surface area (Å²) in [6.45, 7) is 5.23. The van der Waals surface area contributed by atoms with E-state index in [0.717, 1.165) is 13.0 Å². The second-order valence-electron chi connectivity index (χ2n) is 4.44. The quantitative estimate of drug-likeness (QED) is 0.758. The van der Waals surface area contributed by atoms with E-state index in [2.05, 4.69) is 10.0 Å². The number of sulfonamides is 1. The van der Waals surface area contributed by atoms with Gasteiger partial charge in [-0.25, -0.2) is 13.1 Å². The molecular formula is C12H18Cl2N2O2S. The second kappa shape index (κ2) is 7.45. The van der Waals surface area contributed by atoms with E-state index in [1.807, 2.05) is 13.8 Å². The Morgan fingerprint density at radius 1 is 1.16 bits per heavy atom. The van der Waals surface area contributed by atoms with E-state index in [1.165, 1.54) is 18.2 Å². The van der Waals surface area contributed by atoms with Crippen LogP contribution in [0, 0.1) is 0 Å². The third kappa shape index (κ3) is 5.67. The summed E-state index contributed by atoms with van der Waals surface area (Å²) in [6, 6.07) is 4.65. The Morgan fingerprint density at radius 3 is 2.42 bits per heavy atom. The molecule has 0 spiro atoms. The molecule has 0 atom stereocenters. The summed E-state index contributed by atoms with van der Waals surface area (Å²) in [5, 5.41) is 3.78. The molecule has 0 aliphatic heterocycles. The molecule has 108 valence electrons. The van der Waals surface area contributed by atoms with Crippen molar-refractivity contribution in [1.82, 2.24) is 10.0 Å². The molecule has 0 radical (unpaired) electrons. The first-order valence-corrected chi connectivity index (χ1v) is 8.25. The maximum absolute atomic E-state index is 12.0. The molecule has 0 bridgehead atoms. The van der Waals surface area contributed by atoms with Gasteiger partial charge in [-0.05, 0) is 31.2 Å². The van der Waals surface area contributed by atoms with Gasteiger partial charge in [-0.15, -0.1) is 0 Å². The average molecular weight is 325 g/mol. The van der Waals surface area contributed by atoms with Crippen LogP contribution in [0.25, 0.3) is 0 Å². The smallest absolute Gasteiger partial charge is 0.240 e. The van der Waals surface area contributed by atoms with Crippen molar-refractivity contribution < 1.29 is 8.42 Å². The third-order valence-electron chi connectivity index (χ3n) is 2.40. The molecule has 4 nitrogen and oxygen atoms in total. The summed E-state index contributed by atoms with van der Waals surface area (Å²) in [7, 11) is -3.52. The van der Waals surface area contributed by atoms with Crippen LogP contribution in [0.5, 0.6) is 0 Å². The Morgan fingerprint density at radius 2 is 1.84 bits per heavy atom. The molecule has 1 aromatic carbocycles. The van der Waals surface area contributed by atoms with Crippen molar-refractivity contribution in [2.75, 3.05) is 13.1 Å². The summed E-state index contributed by atoms with van der Waals surface area (Å²) in [5.74, 6) is 0. The lowest BCUT2D eigenvalue weighted by Crippen LogP contribution is -2.29. The Hall–Kier alpha value is -0.330. The lowest BCUT2D eigenvalue weighted by atomic mass is 10.3. The van der Waals surface area contributed by atoms with Gasteiger partial charge < -0.3 is 5.32 Å². The van der Waals surface area contributed by atoms with Crippen LogP contribution < -0.4 is 10.0 Å². The van der Waals surface area contributed by atoms with E-state index >= 15 is 0 Å². The number of benzene rings is 1. The SMILES string of the molecule is CC(C)NCCCNS(=O)(=O)c1ccc(Cl)c(Cl)c1. The Kier molecular flexibility index (Phi) is 6.56. The van der Waals surface area contributed by atoms with Crippen molar-refractivity contribution in [3.8, 4) is 0 Å². The standard InChI is InChI=1S/C12H18Cl2N2O2S/c1-9(2)15-6-3-7-16-19(17,18)10-4-5-11(13)12(14)8-10/h4-5,8-9,15-16H,3,6-7H2,1-2H3. The number of nitrogens with one attached hydrogen (secondary N) is 2.